The van der Waals surface area contributed by atoms with Crippen molar-refractivity contribution in [2.24, 2.45) is 11.0 Å². The second-order valence-corrected chi connectivity index (χ2v) is 3.75. The Balaban J connectivity index is 2.24. The number of hydrogen-bond donors (Lipinski definition) is 1. The Hall–Kier alpha value is -2.24. The maximum atomic E-state index is 12.0. The topological polar surface area (TPSA) is 82.9 Å². The molecule has 0 radical (unpaired) electrons. The molecule has 1 aliphatic rings. The van der Waals surface area contributed by atoms with Gasteiger partial charge in [0.2, 0.25) is 0 Å². The lowest BCUT2D eigenvalue weighted by atomic mass is 10.0. The number of hydrogen-bond acceptors (Lipinski definition) is 4. The van der Waals surface area contributed by atoms with E-state index in [2.05, 4.69) is 10.1 Å². The van der Waals surface area contributed by atoms with Gasteiger partial charge >= 0.3 is 5.97 Å². The van der Waals surface area contributed by atoms with Crippen LogP contribution >= 0.6 is 0 Å². The van der Waals surface area contributed by atoms with Crippen molar-refractivity contribution in [3.05, 3.63) is 24.5 Å². The summed E-state index contributed by atoms with van der Waals surface area (Å²) in [5.41, 5.74) is 1.12. The highest BCUT2D eigenvalue weighted by atomic mass is 16.4. The van der Waals surface area contributed by atoms with E-state index in [1.54, 1.807) is 31.5 Å². The molecule has 0 aromatic carbocycles. The van der Waals surface area contributed by atoms with Crippen LogP contribution in [0.1, 0.15) is 13.3 Å². The highest BCUT2D eigenvalue weighted by Crippen LogP contribution is 2.24. The van der Waals surface area contributed by atoms with Crippen molar-refractivity contribution in [1.29, 1.82) is 0 Å². The van der Waals surface area contributed by atoms with Gasteiger partial charge in [-0.1, -0.05) is 0 Å². The molecule has 1 aromatic heterocycles. The normalized spacial score (nSPS) is 19.4. The lowest BCUT2D eigenvalue weighted by Crippen LogP contribution is -2.28. The molecule has 6 nitrogen and oxygen atoms in total. The fourth-order valence-electron chi connectivity index (χ4n) is 1.68. The number of aromatic nitrogens is 1. The van der Waals surface area contributed by atoms with E-state index in [0.29, 0.717) is 11.4 Å². The summed E-state index contributed by atoms with van der Waals surface area (Å²) in [7, 11) is 0. The molecule has 1 aliphatic heterocycles. The molecule has 0 aliphatic carbocycles. The number of carboxylic acid groups (broad SMARTS) is 1. The molecule has 17 heavy (non-hydrogen) atoms. The zero-order valence-corrected chi connectivity index (χ0v) is 9.20. The van der Waals surface area contributed by atoms with Crippen LogP contribution in [0.4, 0.5) is 5.69 Å². The smallest absolute Gasteiger partial charge is 0.304 e. The van der Waals surface area contributed by atoms with Gasteiger partial charge in [-0.2, -0.15) is 5.10 Å². The first-order valence-electron chi connectivity index (χ1n) is 5.10. The van der Waals surface area contributed by atoms with Gasteiger partial charge in [-0.3, -0.25) is 14.6 Å². The van der Waals surface area contributed by atoms with E-state index in [0.717, 1.165) is 0 Å². The predicted octanol–water partition coefficient (Wildman–Crippen LogP) is 0.895. The standard InChI is InChI=1S/C11H11N3O3/c1-7-9(6-10(15)16)11(17)14(13-7)8-2-4-12-5-3-8/h2-5,9H,6H2,1H3,(H,15,16). The van der Waals surface area contributed by atoms with Crippen molar-refractivity contribution >= 4 is 23.3 Å². The van der Waals surface area contributed by atoms with E-state index >= 15 is 0 Å². The number of carbonyl (C=O) groups excluding carboxylic acids is 1. The highest BCUT2D eigenvalue weighted by molar-refractivity contribution is 6.15. The van der Waals surface area contributed by atoms with Crippen LogP contribution in [0.2, 0.25) is 0 Å². The number of hydrazone groups is 1. The first kappa shape index (κ1) is 11.3. The largest absolute Gasteiger partial charge is 0.481 e. The van der Waals surface area contributed by atoms with Crippen molar-refractivity contribution in [3.8, 4) is 0 Å². The van der Waals surface area contributed by atoms with E-state index in [1.807, 2.05) is 0 Å². The molecule has 0 bridgehead atoms. The van der Waals surface area contributed by atoms with Crippen molar-refractivity contribution < 1.29 is 14.7 Å². The molecule has 0 saturated carbocycles. The van der Waals surface area contributed by atoms with Gasteiger partial charge in [0.25, 0.3) is 5.91 Å². The molecule has 1 unspecified atom stereocenters. The van der Waals surface area contributed by atoms with Gasteiger partial charge in [0.15, 0.2) is 0 Å². The van der Waals surface area contributed by atoms with Gasteiger partial charge in [0.05, 0.1) is 18.0 Å². The van der Waals surface area contributed by atoms with Crippen LogP contribution in [0.15, 0.2) is 29.6 Å². The summed E-state index contributed by atoms with van der Waals surface area (Å²) >= 11 is 0. The van der Waals surface area contributed by atoms with Crippen LogP contribution in [0.5, 0.6) is 0 Å². The molecule has 0 fully saturated rings. The lowest BCUT2D eigenvalue weighted by Gasteiger charge is -2.12. The van der Waals surface area contributed by atoms with Gasteiger partial charge < -0.3 is 5.11 Å². The summed E-state index contributed by atoms with van der Waals surface area (Å²) in [6, 6.07) is 3.30. The highest BCUT2D eigenvalue weighted by Gasteiger charge is 2.35. The van der Waals surface area contributed by atoms with Gasteiger partial charge in [-0.25, -0.2) is 5.01 Å². The average Bonchev–Trinajstić information content (AvgIpc) is 2.58. The summed E-state index contributed by atoms with van der Waals surface area (Å²) in [6.07, 6.45) is 2.88. The molecule has 1 aromatic rings. The van der Waals surface area contributed by atoms with Crippen molar-refractivity contribution in [1.82, 2.24) is 4.98 Å². The molecule has 6 heteroatoms. The van der Waals surface area contributed by atoms with E-state index in [4.69, 9.17) is 5.11 Å². The number of carbonyl (C=O) groups is 2. The molecule has 1 atom stereocenters. The minimum atomic E-state index is -1.01. The fraction of sp³-hybridized carbons (Fsp3) is 0.273. The molecule has 0 saturated heterocycles. The Bertz CT molecular complexity index is 484. The molecule has 0 spiro atoms. The van der Waals surface area contributed by atoms with Crippen LogP contribution in [-0.4, -0.2) is 27.7 Å². The van der Waals surface area contributed by atoms with Crippen LogP contribution in [0, 0.1) is 5.92 Å². The Kier molecular flexibility index (Phi) is 2.86. The van der Waals surface area contributed by atoms with Crippen LogP contribution < -0.4 is 5.01 Å². The van der Waals surface area contributed by atoms with Crippen LogP contribution in [0.3, 0.4) is 0 Å². The number of pyridine rings is 1. The minimum absolute atomic E-state index is 0.226. The number of nitrogens with zero attached hydrogens (tertiary/aromatic N) is 3. The summed E-state index contributed by atoms with van der Waals surface area (Å²) in [5, 5.41) is 14.0. The van der Waals surface area contributed by atoms with Gasteiger partial charge in [0.1, 0.15) is 0 Å². The van der Waals surface area contributed by atoms with Crippen LogP contribution in [-0.2, 0) is 9.59 Å². The van der Waals surface area contributed by atoms with E-state index in [-0.39, 0.29) is 12.3 Å². The van der Waals surface area contributed by atoms with Crippen LogP contribution in [0.25, 0.3) is 0 Å². The molecule has 88 valence electrons. The minimum Gasteiger partial charge on any atom is -0.481 e. The molecular weight excluding hydrogens is 222 g/mol. The Morgan fingerprint density at radius 3 is 2.71 bits per heavy atom. The third-order valence-electron chi connectivity index (χ3n) is 2.55. The lowest BCUT2D eigenvalue weighted by molar-refractivity contribution is -0.139. The number of amides is 1. The third-order valence-corrected chi connectivity index (χ3v) is 2.55. The molecule has 1 amide bonds. The van der Waals surface area contributed by atoms with Crippen molar-refractivity contribution in [2.75, 3.05) is 5.01 Å². The first-order chi connectivity index (χ1) is 8.09. The average molecular weight is 233 g/mol. The molecule has 2 heterocycles. The Morgan fingerprint density at radius 1 is 1.47 bits per heavy atom. The van der Waals surface area contributed by atoms with E-state index in [1.165, 1.54) is 5.01 Å². The Labute approximate surface area is 97.6 Å². The molecule has 2 rings (SSSR count). The maximum Gasteiger partial charge on any atom is 0.304 e. The van der Waals surface area contributed by atoms with Gasteiger partial charge in [0, 0.05) is 18.1 Å². The zero-order valence-electron chi connectivity index (χ0n) is 9.20. The maximum absolute atomic E-state index is 12.0. The number of carboxylic acids is 1. The second-order valence-electron chi connectivity index (χ2n) is 3.75. The Morgan fingerprint density at radius 2 is 2.12 bits per heavy atom. The second kappa shape index (κ2) is 4.32. The third kappa shape index (κ3) is 2.15. The van der Waals surface area contributed by atoms with E-state index < -0.39 is 11.9 Å². The monoisotopic (exact) mass is 233 g/mol. The van der Waals surface area contributed by atoms with Crippen molar-refractivity contribution in [2.45, 2.75) is 13.3 Å². The first-order valence-corrected chi connectivity index (χ1v) is 5.10. The summed E-state index contributed by atoms with van der Waals surface area (Å²) in [5.74, 6) is -1.98. The zero-order chi connectivity index (χ0) is 12.4. The predicted molar refractivity (Wildman–Crippen MR) is 60.6 cm³/mol. The summed E-state index contributed by atoms with van der Waals surface area (Å²) < 4.78 is 0. The number of anilines is 1. The number of aliphatic carboxylic acids is 1. The van der Waals surface area contributed by atoms with Crippen molar-refractivity contribution in [3.63, 3.8) is 0 Å². The summed E-state index contributed by atoms with van der Waals surface area (Å²) in [6.45, 7) is 1.66. The van der Waals surface area contributed by atoms with Gasteiger partial charge in [-0.15, -0.1) is 0 Å². The summed E-state index contributed by atoms with van der Waals surface area (Å²) in [4.78, 5) is 26.5. The molecular formula is C11H11N3O3. The number of rotatable bonds is 3. The van der Waals surface area contributed by atoms with Gasteiger partial charge in [-0.05, 0) is 19.1 Å². The van der Waals surface area contributed by atoms with E-state index in [9.17, 15) is 9.59 Å². The quantitative estimate of drug-likeness (QED) is 0.840. The fourth-order valence-corrected chi connectivity index (χ4v) is 1.68. The SMILES string of the molecule is CC1=NN(c2ccncc2)C(=O)C1CC(=O)O. The molecule has 1 N–H and O–H groups in total.